The number of benzene rings is 2. The van der Waals surface area contributed by atoms with Gasteiger partial charge in [-0.1, -0.05) is 26.0 Å². The third-order valence-corrected chi connectivity index (χ3v) is 6.98. The molecule has 2 aromatic carbocycles. The molecule has 0 aliphatic carbocycles. The van der Waals surface area contributed by atoms with E-state index in [0.717, 1.165) is 33.7 Å². The molecule has 0 amide bonds. The molecule has 2 heterocycles. The Kier molecular flexibility index (Phi) is 4.37. The van der Waals surface area contributed by atoms with Crippen molar-refractivity contribution in [3.63, 3.8) is 0 Å². The third-order valence-electron chi connectivity index (χ3n) is 5.73. The molecule has 0 saturated carbocycles. The van der Waals surface area contributed by atoms with Gasteiger partial charge in [0.25, 0.3) is 0 Å². The van der Waals surface area contributed by atoms with Gasteiger partial charge in [-0.05, 0) is 47.7 Å². The molecular weight excluding hydrogens is 371 g/mol. The van der Waals surface area contributed by atoms with Crippen molar-refractivity contribution in [2.45, 2.75) is 43.3 Å². The first-order chi connectivity index (χ1) is 12.7. The number of hydrogen-bond acceptors (Lipinski definition) is 3. The van der Waals surface area contributed by atoms with Crippen molar-refractivity contribution in [2.24, 2.45) is 5.92 Å². The molecule has 0 fully saturated rings. The molecule has 4 rings (SSSR count). The van der Waals surface area contributed by atoms with Crippen LogP contribution in [0.5, 0.6) is 5.75 Å². The van der Waals surface area contributed by atoms with Crippen molar-refractivity contribution in [3.8, 4) is 5.75 Å². The predicted molar refractivity (Wildman–Crippen MR) is 103 cm³/mol. The molecule has 2 aromatic rings. The van der Waals surface area contributed by atoms with Crippen molar-refractivity contribution in [1.82, 2.24) is 0 Å². The third kappa shape index (κ3) is 2.98. The highest BCUT2D eigenvalue weighted by Gasteiger charge is 2.47. The van der Waals surface area contributed by atoms with Crippen molar-refractivity contribution in [2.75, 3.05) is 17.7 Å². The molecule has 6 heteroatoms. The van der Waals surface area contributed by atoms with Crippen molar-refractivity contribution < 1.29 is 17.9 Å². The number of anilines is 1. The Morgan fingerprint density at radius 3 is 2.70 bits per heavy atom. The fourth-order valence-electron chi connectivity index (χ4n) is 4.24. The Labute approximate surface area is 161 Å². The van der Waals surface area contributed by atoms with Gasteiger partial charge in [0.15, 0.2) is 0 Å². The Balaban J connectivity index is 1.80. The molecular formula is C21H22F3NOS. The average molecular weight is 393 g/mol. The first-order valence-electron chi connectivity index (χ1n) is 9.10. The number of thioether (sulfide) groups is 1. The molecule has 1 N–H and O–H groups in total. The molecule has 0 aromatic heterocycles. The smallest absolute Gasteiger partial charge is 0.416 e. The minimum absolute atomic E-state index is 0.0564. The summed E-state index contributed by atoms with van der Waals surface area (Å²) in [7, 11) is 0. The van der Waals surface area contributed by atoms with Crippen LogP contribution in [0.25, 0.3) is 0 Å². The molecule has 27 heavy (non-hydrogen) atoms. The largest absolute Gasteiger partial charge is 0.493 e. The van der Waals surface area contributed by atoms with Gasteiger partial charge in [0, 0.05) is 17.4 Å². The molecule has 0 radical (unpaired) electrons. The maximum atomic E-state index is 13.2. The normalized spacial score (nSPS) is 22.9. The van der Waals surface area contributed by atoms with Gasteiger partial charge in [-0.3, -0.25) is 0 Å². The standard InChI is InChI=1S/C21H22F3NOS/c1-4-26-17-7-5-6-13-18-15(11-27-19(13)17)20(2,3)14-10-12(21(22,23)24)8-9-16(14)25-18/h5-10,15,18,25H,4,11H2,1-3H3. The van der Waals surface area contributed by atoms with Gasteiger partial charge in [-0.2, -0.15) is 13.2 Å². The van der Waals surface area contributed by atoms with Gasteiger partial charge in [-0.25, -0.2) is 0 Å². The highest BCUT2D eigenvalue weighted by atomic mass is 32.2. The summed E-state index contributed by atoms with van der Waals surface area (Å²) in [5.41, 5.74) is 1.73. The van der Waals surface area contributed by atoms with Gasteiger partial charge in [-0.15, -0.1) is 11.8 Å². The highest BCUT2D eigenvalue weighted by Crippen LogP contribution is 2.56. The number of rotatable bonds is 2. The van der Waals surface area contributed by atoms with Crippen molar-refractivity contribution in [3.05, 3.63) is 53.1 Å². The second-order valence-electron chi connectivity index (χ2n) is 7.63. The second kappa shape index (κ2) is 6.36. The maximum Gasteiger partial charge on any atom is 0.416 e. The summed E-state index contributed by atoms with van der Waals surface area (Å²) in [4.78, 5) is 1.14. The topological polar surface area (TPSA) is 21.3 Å². The Bertz CT molecular complexity index is 878. The summed E-state index contributed by atoms with van der Waals surface area (Å²) in [6.07, 6.45) is -4.33. The van der Waals surface area contributed by atoms with E-state index in [4.69, 9.17) is 4.74 Å². The molecule has 144 valence electrons. The zero-order valence-corrected chi connectivity index (χ0v) is 16.3. The van der Waals surface area contributed by atoms with E-state index in [9.17, 15) is 13.2 Å². The average Bonchev–Trinajstić information content (AvgIpc) is 2.61. The monoisotopic (exact) mass is 393 g/mol. The van der Waals surface area contributed by atoms with Crippen LogP contribution in [0.15, 0.2) is 41.3 Å². The quantitative estimate of drug-likeness (QED) is 0.650. The lowest BCUT2D eigenvalue weighted by Crippen LogP contribution is -2.44. The number of hydrogen-bond donors (Lipinski definition) is 1. The molecule has 2 aliphatic rings. The summed E-state index contributed by atoms with van der Waals surface area (Å²) in [5, 5.41) is 3.52. The Hall–Kier alpha value is -1.82. The van der Waals surface area contributed by atoms with Crippen LogP contribution in [0.4, 0.5) is 18.9 Å². The van der Waals surface area contributed by atoms with Crippen LogP contribution in [0.1, 0.15) is 43.5 Å². The molecule has 0 spiro atoms. The zero-order chi connectivity index (χ0) is 19.4. The Morgan fingerprint density at radius 1 is 1.22 bits per heavy atom. The molecule has 2 unspecified atom stereocenters. The van der Waals surface area contributed by atoms with E-state index in [0.29, 0.717) is 6.61 Å². The van der Waals surface area contributed by atoms with Crippen LogP contribution in [0.3, 0.4) is 0 Å². The number of halogens is 3. The molecule has 2 aliphatic heterocycles. The van der Waals surface area contributed by atoms with Crippen LogP contribution < -0.4 is 10.1 Å². The van der Waals surface area contributed by atoms with E-state index < -0.39 is 11.7 Å². The predicted octanol–water partition coefficient (Wildman–Crippen LogP) is 6.27. The van der Waals surface area contributed by atoms with Gasteiger partial charge in [0.2, 0.25) is 0 Å². The first kappa shape index (κ1) is 18.5. The number of alkyl halides is 3. The van der Waals surface area contributed by atoms with Crippen molar-refractivity contribution >= 4 is 17.4 Å². The van der Waals surface area contributed by atoms with E-state index in [1.165, 1.54) is 11.6 Å². The zero-order valence-electron chi connectivity index (χ0n) is 15.5. The van der Waals surface area contributed by atoms with E-state index >= 15 is 0 Å². The van der Waals surface area contributed by atoms with Gasteiger partial charge >= 0.3 is 6.18 Å². The number of ether oxygens (including phenoxy) is 1. The van der Waals surface area contributed by atoms with Crippen LogP contribution in [-0.4, -0.2) is 12.4 Å². The van der Waals surface area contributed by atoms with E-state index in [2.05, 4.69) is 25.2 Å². The molecule has 0 saturated heterocycles. The fraction of sp³-hybridized carbons (Fsp3) is 0.429. The minimum Gasteiger partial charge on any atom is -0.493 e. The summed E-state index contributed by atoms with van der Waals surface area (Å²) >= 11 is 1.74. The lowest BCUT2D eigenvalue weighted by atomic mass is 9.66. The van der Waals surface area contributed by atoms with Crippen molar-refractivity contribution in [1.29, 1.82) is 0 Å². The van der Waals surface area contributed by atoms with E-state index in [1.54, 1.807) is 17.8 Å². The lowest BCUT2D eigenvalue weighted by Gasteiger charge is -2.49. The molecule has 0 bridgehead atoms. The molecule has 2 atom stereocenters. The number of nitrogens with one attached hydrogen (secondary N) is 1. The van der Waals surface area contributed by atoms with Crippen LogP contribution in [0.2, 0.25) is 0 Å². The SMILES string of the molecule is CCOc1cccc2c1SCC1C2Nc2ccc(C(F)(F)F)cc2C1(C)C. The minimum atomic E-state index is -4.33. The second-order valence-corrected chi connectivity index (χ2v) is 8.66. The summed E-state index contributed by atoms with van der Waals surface area (Å²) in [6, 6.07) is 10.2. The van der Waals surface area contributed by atoms with Crippen LogP contribution >= 0.6 is 11.8 Å². The van der Waals surface area contributed by atoms with E-state index in [-0.39, 0.29) is 17.4 Å². The van der Waals surface area contributed by atoms with Crippen LogP contribution in [0, 0.1) is 5.92 Å². The van der Waals surface area contributed by atoms with E-state index in [1.807, 2.05) is 19.1 Å². The summed E-state index contributed by atoms with van der Waals surface area (Å²) < 4.78 is 45.4. The van der Waals surface area contributed by atoms with Gasteiger partial charge in [0.05, 0.1) is 23.1 Å². The van der Waals surface area contributed by atoms with Gasteiger partial charge in [0.1, 0.15) is 5.75 Å². The number of fused-ring (bicyclic) bond motifs is 4. The van der Waals surface area contributed by atoms with Crippen LogP contribution in [-0.2, 0) is 11.6 Å². The first-order valence-corrected chi connectivity index (χ1v) is 10.1. The Morgan fingerprint density at radius 2 is 2.00 bits per heavy atom. The fourth-order valence-corrected chi connectivity index (χ4v) is 5.82. The lowest BCUT2D eigenvalue weighted by molar-refractivity contribution is -0.137. The summed E-state index contributed by atoms with van der Waals surface area (Å²) in [6.45, 7) is 6.68. The maximum absolute atomic E-state index is 13.2. The van der Waals surface area contributed by atoms with Gasteiger partial charge < -0.3 is 10.1 Å². The molecule has 2 nitrogen and oxygen atoms in total. The summed E-state index contributed by atoms with van der Waals surface area (Å²) in [5.74, 6) is 1.90. The highest BCUT2D eigenvalue weighted by molar-refractivity contribution is 7.99.